The molecule has 0 aromatic carbocycles. The van der Waals surface area contributed by atoms with Crippen molar-refractivity contribution in [2.75, 3.05) is 6.61 Å². The van der Waals surface area contributed by atoms with Crippen LogP contribution in [0, 0.1) is 0 Å². The monoisotopic (exact) mass is 238 g/mol. The molecule has 2 aromatic heterocycles. The summed E-state index contributed by atoms with van der Waals surface area (Å²) in [6, 6.07) is 3.84. The normalized spacial score (nSPS) is 12.9. The third-order valence-electron chi connectivity index (χ3n) is 2.19. The van der Waals surface area contributed by atoms with Crippen LogP contribution in [0.25, 0.3) is 10.8 Å². The first-order valence-corrected chi connectivity index (χ1v) is 6.00. The van der Waals surface area contributed by atoms with E-state index >= 15 is 0 Å². The van der Waals surface area contributed by atoms with Crippen molar-refractivity contribution in [3.63, 3.8) is 0 Å². The SMILES string of the molecule is C[C@@H](CO)NCc1csc(-c2ccco2)n1. The maximum absolute atomic E-state index is 8.87. The third-order valence-corrected chi connectivity index (χ3v) is 3.09. The molecule has 2 aromatic rings. The van der Waals surface area contributed by atoms with E-state index in [1.165, 1.54) is 0 Å². The Hall–Kier alpha value is -1.17. The van der Waals surface area contributed by atoms with Crippen molar-refractivity contribution in [3.8, 4) is 10.8 Å². The van der Waals surface area contributed by atoms with E-state index in [9.17, 15) is 0 Å². The van der Waals surface area contributed by atoms with Crippen molar-refractivity contribution in [2.24, 2.45) is 0 Å². The highest BCUT2D eigenvalue weighted by Gasteiger charge is 2.07. The summed E-state index contributed by atoms with van der Waals surface area (Å²) in [6.07, 6.45) is 1.64. The van der Waals surface area contributed by atoms with Crippen LogP contribution < -0.4 is 5.32 Å². The molecular formula is C11H14N2O2S. The number of thiazole rings is 1. The van der Waals surface area contributed by atoms with Crippen LogP contribution in [0.2, 0.25) is 0 Å². The predicted molar refractivity (Wildman–Crippen MR) is 63.2 cm³/mol. The summed E-state index contributed by atoms with van der Waals surface area (Å²) >= 11 is 1.56. The van der Waals surface area contributed by atoms with Crippen LogP contribution in [-0.4, -0.2) is 22.7 Å². The second-order valence-corrected chi connectivity index (χ2v) is 4.44. The number of aliphatic hydroxyl groups is 1. The molecule has 1 atom stereocenters. The van der Waals surface area contributed by atoms with Gasteiger partial charge in [-0.1, -0.05) is 0 Å². The van der Waals surface area contributed by atoms with E-state index in [-0.39, 0.29) is 12.6 Å². The molecule has 16 heavy (non-hydrogen) atoms. The standard InChI is InChI=1S/C11H14N2O2S/c1-8(6-14)12-5-9-7-16-11(13-9)10-3-2-4-15-10/h2-4,7-8,12,14H,5-6H2,1H3/t8-/m0/s1. The van der Waals surface area contributed by atoms with Gasteiger partial charge < -0.3 is 14.8 Å². The fourth-order valence-electron chi connectivity index (χ4n) is 1.24. The van der Waals surface area contributed by atoms with Crippen molar-refractivity contribution >= 4 is 11.3 Å². The third kappa shape index (κ3) is 2.69. The van der Waals surface area contributed by atoms with Gasteiger partial charge in [-0.05, 0) is 19.1 Å². The van der Waals surface area contributed by atoms with Crippen molar-refractivity contribution in [1.82, 2.24) is 10.3 Å². The summed E-state index contributed by atoms with van der Waals surface area (Å²) in [5.74, 6) is 0.798. The van der Waals surface area contributed by atoms with Gasteiger partial charge >= 0.3 is 0 Å². The van der Waals surface area contributed by atoms with Crippen LogP contribution in [0.15, 0.2) is 28.2 Å². The maximum atomic E-state index is 8.87. The van der Waals surface area contributed by atoms with Gasteiger partial charge in [0.2, 0.25) is 0 Å². The van der Waals surface area contributed by atoms with Gasteiger partial charge in [0.05, 0.1) is 18.6 Å². The molecular weight excluding hydrogens is 224 g/mol. The highest BCUT2D eigenvalue weighted by atomic mass is 32.1. The van der Waals surface area contributed by atoms with Gasteiger partial charge in [0.25, 0.3) is 0 Å². The maximum Gasteiger partial charge on any atom is 0.162 e. The fourth-order valence-corrected chi connectivity index (χ4v) is 2.03. The fraction of sp³-hybridized carbons (Fsp3) is 0.364. The molecule has 0 spiro atoms. The zero-order valence-corrected chi connectivity index (χ0v) is 9.83. The number of aliphatic hydroxyl groups excluding tert-OH is 1. The van der Waals surface area contributed by atoms with E-state index in [1.54, 1.807) is 17.6 Å². The number of nitrogens with zero attached hydrogens (tertiary/aromatic N) is 1. The van der Waals surface area contributed by atoms with Gasteiger partial charge in [-0.25, -0.2) is 4.98 Å². The van der Waals surface area contributed by atoms with Crippen LogP contribution >= 0.6 is 11.3 Å². The van der Waals surface area contributed by atoms with E-state index in [1.807, 2.05) is 24.4 Å². The minimum absolute atomic E-state index is 0.0914. The summed E-state index contributed by atoms with van der Waals surface area (Å²) in [7, 11) is 0. The van der Waals surface area contributed by atoms with Gasteiger partial charge in [0, 0.05) is 18.0 Å². The highest BCUT2D eigenvalue weighted by molar-refractivity contribution is 7.13. The Bertz CT molecular complexity index is 425. The lowest BCUT2D eigenvalue weighted by atomic mass is 10.3. The average Bonchev–Trinajstić information content (AvgIpc) is 2.95. The van der Waals surface area contributed by atoms with Gasteiger partial charge in [-0.2, -0.15) is 0 Å². The quantitative estimate of drug-likeness (QED) is 0.835. The molecule has 2 N–H and O–H groups in total. The Morgan fingerprint density at radius 2 is 2.50 bits per heavy atom. The van der Waals surface area contributed by atoms with Crippen LogP contribution in [0.3, 0.4) is 0 Å². The molecule has 0 radical (unpaired) electrons. The summed E-state index contributed by atoms with van der Waals surface area (Å²) in [6.45, 7) is 2.73. The number of hydrogen-bond acceptors (Lipinski definition) is 5. The molecule has 2 rings (SSSR count). The van der Waals surface area contributed by atoms with E-state index in [2.05, 4.69) is 10.3 Å². The predicted octanol–water partition coefficient (Wildman–Crippen LogP) is 1.87. The zero-order valence-electron chi connectivity index (χ0n) is 9.01. The molecule has 2 heterocycles. The second-order valence-electron chi connectivity index (χ2n) is 3.59. The Kier molecular flexibility index (Phi) is 3.71. The second kappa shape index (κ2) is 5.25. The van der Waals surface area contributed by atoms with E-state index in [0.29, 0.717) is 6.54 Å². The van der Waals surface area contributed by atoms with E-state index < -0.39 is 0 Å². The molecule has 0 aliphatic heterocycles. The Balaban J connectivity index is 1.98. The number of nitrogens with one attached hydrogen (secondary N) is 1. The van der Waals surface area contributed by atoms with E-state index in [4.69, 9.17) is 9.52 Å². The van der Waals surface area contributed by atoms with Gasteiger partial charge in [0.15, 0.2) is 10.8 Å². The molecule has 4 nitrogen and oxygen atoms in total. The Morgan fingerprint density at radius 3 is 3.19 bits per heavy atom. The van der Waals surface area contributed by atoms with Gasteiger partial charge in [-0.15, -0.1) is 11.3 Å². The van der Waals surface area contributed by atoms with Crippen molar-refractivity contribution in [1.29, 1.82) is 0 Å². The first-order valence-electron chi connectivity index (χ1n) is 5.12. The number of rotatable bonds is 5. The average molecular weight is 238 g/mol. The summed E-state index contributed by atoms with van der Waals surface area (Å²) in [4.78, 5) is 4.44. The Labute approximate surface area is 97.9 Å². The first-order chi connectivity index (χ1) is 7.79. The van der Waals surface area contributed by atoms with E-state index in [0.717, 1.165) is 16.5 Å². The lowest BCUT2D eigenvalue weighted by Gasteiger charge is -2.08. The Morgan fingerprint density at radius 1 is 1.62 bits per heavy atom. The molecule has 0 bridgehead atoms. The summed E-state index contributed by atoms with van der Waals surface area (Å²) in [5.41, 5.74) is 0.969. The van der Waals surface area contributed by atoms with Crippen molar-refractivity contribution in [3.05, 3.63) is 29.5 Å². The molecule has 0 saturated heterocycles. The topological polar surface area (TPSA) is 58.3 Å². The van der Waals surface area contributed by atoms with Crippen LogP contribution in [0.4, 0.5) is 0 Å². The molecule has 0 unspecified atom stereocenters. The highest BCUT2D eigenvalue weighted by Crippen LogP contribution is 2.23. The van der Waals surface area contributed by atoms with Crippen molar-refractivity contribution < 1.29 is 9.52 Å². The minimum Gasteiger partial charge on any atom is -0.462 e. The summed E-state index contributed by atoms with van der Waals surface area (Å²) < 4.78 is 5.27. The molecule has 0 amide bonds. The smallest absolute Gasteiger partial charge is 0.162 e. The van der Waals surface area contributed by atoms with Crippen LogP contribution in [-0.2, 0) is 6.54 Å². The molecule has 86 valence electrons. The van der Waals surface area contributed by atoms with Crippen LogP contribution in [0.5, 0.6) is 0 Å². The first kappa shape index (κ1) is 11.3. The molecule has 0 saturated carbocycles. The van der Waals surface area contributed by atoms with Crippen LogP contribution in [0.1, 0.15) is 12.6 Å². The molecule has 0 fully saturated rings. The largest absolute Gasteiger partial charge is 0.462 e. The molecule has 0 aliphatic carbocycles. The number of furan rings is 1. The summed E-state index contributed by atoms with van der Waals surface area (Å²) in [5, 5.41) is 14.9. The number of aromatic nitrogens is 1. The lowest BCUT2D eigenvalue weighted by Crippen LogP contribution is -2.28. The van der Waals surface area contributed by atoms with Gasteiger partial charge in [0.1, 0.15) is 0 Å². The lowest BCUT2D eigenvalue weighted by molar-refractivity contribution is 0.250. The molecule has 0 aliphatic rings. The van der Waals surface area contributed by atoms with Gasteiger partial charge in [-0.3, -0.25) is 0 Å². The minimum atomic E-state index is 0.0914. The van der Waals surface area contributed by atoms with Crippen molar-refractivity contribution in [2.45, 2.75) is 19.5 Å². The zero-order chi connectivity index (χ0) is 11.4. The number of hydrogen-bond donors (Lipinski definition) is 2. The molecule has 5 heteroatoms.